The highest BCUT2D eigenvalue weighted by Gasteiger charge is 2.45. The minimum Gasteiger partial charge on any atom is -0.481 e. The molecule has 0 aromatic heterocycles. The van der Waals surface area contributed by atoms with Crippen molar-refractivity contribution in [2.75, 3.05) is 13.2 Å². The van der Waals surface area contributed by atoms with Gasteiger partial charge in [0.15, 0.2) is 0 Å². The van der Waals surface area contributed by atoms with Gasteiger partial charge in [-0.1, -0.05) is 6.92 Å². The standard InChI is InChI=1S/C9H16O7/c1-9(4-11,6(12)3-10)5(8(15)16)2-7(13)14/h5-6,10-12H,2-4H2,1H3,(H,13,14)(H,15,16)/t5-,6+,9?/m0/s1. The van der Waals surface area contributed by atoms with Gasteiger partial charge in [0.1, 0.15) is 0 Å². The van der Waals surface area contributed by atoms with E-state index in [-0.39, 0.29) is 0 Å². The molecule has 0 aliphatic heterocycles. The molecule has 0 spiro atoms. The second-order valence-electron chi connectivity index (χ2n) is 3.85. The topological polar surface area (TPSA) is 135 Å². The Morgan fingerprint density at radius 3 is 2.00 bits per heavy atom. The normalized spacial score (nSPS) is 18.5. The van der Waals surface area contributed by atoms with Crippen molar-refractivity contribution in [3.63, 3.8) is 0 Å². The molecule has 0 radical (unpaired) electrons. The molecule has 0 aromatic rings. The highest BCUT2D eigenvalue weighted by atomic mass is 16.4. The summed E-state index contributed by atoms with van der Waals surface area (Å²) in [5.74, 6) is -4.26. The number of hydrogen-bond donors (Lipinski definition) is 5. The van der Waals surface area contributed by atoms with Crippen LogP contribution in [0.2, 0.25) is 0 Å². The summed E-state index contributed by atoms with van der Waals surface area (Å²) in [5, 5.41) is 44.7. The molecule has 94 valence electrons. The first-order chi connectivity index (χ1) is 7.29. The summed E-state index contributed by atoms with van der Waals surface area (Å²) in [7, 11) is 0. The number of rotatable bonds is 7. The van der Waals surface area contributed by atoms with E-state index in [1.807, 2.05) is 0 Å². The van der Waals surface area contributed by atoms with Crippen LogP contribution in [-0.4, -0.2) is 56.8 Å². The molecule has 0 aliphatic rings. The van der Waals surface area contributed by atoms with Gasteiger partial charge in [-0.3, -0.25) is 9.59 Å². The van der Waals surface area contributed by atoms with Crippen LogP contribution in [0.25, 0.3) is 0 Å². The number of hydrogen-bond acceptors (Lipinski definition) is 5. The van der Waals surface area contributed by atoms with E-state index < -0.39 is 49.0 Å². The molecule has 0 saturated heterocycles. The van der Waals surface area contributed by atoms with E-state index in [0.29, 0.717) is 0 Å². The molecule has 0 heterocycles. The van der Waals surface area contributed by atoms with Gasteiger partial charge in [-0.25, -0.2) is 0 Å². The number of carboxylic acid groups (broad SMARTS) is 2. The molecule has 0 amide bonds. The maximum atomic E-state index is 10.9. The molecule has 7 nitrogen and oxygen atoms in total. The summed E-state index contributed by atoms with van der Waals surface area (Å²) >= 11 is 0. The Balaban J connectivity index is 5.11. The first kappa shape index (κ1) is 14.8. The van der Waals surface area contributed by atoms with Crippen molar-refractivity contribution < 1.29 is 35.1 Å². The van der Waals surface area contributed by atoms with Gasteiger partial charge in [0.05, 0.1) is 31.7 Å². The number of aliphatic carboxylic acids is 2. The molecule has 7 heteroatoms. The number of carboxylic acids is 2. The van der Waals surface area contributed by atoms with Crippen LogP contribution in [0.5, 0.6) is 0 Å². The van der Waals surface area contributed by atoms with Crippen LogP contribution < -0.4 is 0 Å². The predicted octanol–water partition coefficient (Wildman–Crippen LogP) is -1.49. The fourth-order valence-corrected chi connectivity index (χ4v) is 1.43. The molecule has 5 N–H and O–H groups in total. The second-order valence-corrected chi connectivity index (χ2v) is 3.85. The van der Waals surface area contributed by atoms with Gasteiger partial charge in [0.25, 0.3) is 0 Å². The Morgan fingerprint density at radius 2 is 1.75 bits per heavy atom. The summed E-state index contributed by atoms with van der Waals surface area (Å²) in [4.78, 5) is 21.4. The monoisotopic (exact) mass is 236 g/mol. The molecule has 0 saturated carbocycles. The molecule has 16 heavy (non-hydrogen) atoms. The van der Waals surface area contributed by atoms with E-state index in [9.17, 15) is 14.7 Å². The van der Waals surface area contributed by atoms with E-state index in [0.717, 1.165) is 0 Å². The lowest BCUT2D eigenvalue weighted by molar-refractivity contribution is -0.161. The molecule has 0 rings (SSSR count). The van der Waals surface area contributed by atoms with Crippen molar-refractivity contribution >= 4 is 11.9 Å². The van der Waals surface area contributed by atoms with E-state index in [4.69, 9.17) is 20.4 Å². The molecule has 0 aromatic carbocycles. The third kappa shape index (κ3) is 3.16. The van der Waals surface area contributed by atoms with Gasteiger partial charge in [-0.2, -0.15) is 0 Å². The van der Waals surface area contributed by atoms with E-state index >= 15 is 0 Å². The number of aliphatic hydroxyl groups is 3. The van der Waals surface area contributed by atoms with Crippen molar-refractivity contribution in [3.05, 3.63) is 0 Å². The van der Waals surface area contributed by atoms with Crippen LogP contribution in [-0.2, 0) is 9.59 Å². The summed E-state index contributed by atoms with van der Waals surface area (Å²) < 4.78 is 0. The lowest BCUT2D eigenvalue weighted by atomic mass is 9.72. The summed E-state index contributed by atoms with van der Waals surface area (Å²) in [5.41, 5.74) is -1.60. The van der Waals surface area contributed by atoms with Crippen LogP contribution in [0.3, 0.4) is 0 Å². The first-order valence-electron chi connectivity index (χ1n) is 4.64. The van der Waals surface area contributed by atoms with E-state index in [1.54, 1.807) is 0 Å². The largest absolute Gasteiger partial charge is 0.481 e. The summed E-state index contributed by atoms with van der Waals surface area (Å²) in [6.45, 7) is -0.269. The van der Waals surface area contributed by atoms with Gasteiger partial charge in [-0.15, -0.1) is 0 Å². The molecule has 0 fully saturated rings. The molecule has 3 atom stereocenters. The average Bonchev–Trinajstić information content (AvgIpc) is 2.23. The van der Waals surface area contributed by atoms with E-state index in [1.165, 1.54) is 6.92 Å². The molecule has 1 unspecified atom stereocenters. The third-order valence-corrected chi connectivity index (χ3v) is 2.75. The Morgan fingerprint density at radius 1 is 1.25 bits per heavy atom. The first-order valence-corrected chi connectivity index (χ1v) is 4.64. The maximum Gasteiger partial charge on any atom is 0.307 e. The highest BCUT2D eigenvalue weighted by molar-refractivity contribution is 5.78. The molecular formula is C9H16O7. The smallest absolute Gasteiger partial charge is 0.307 e. The Labute approximate surface area is 92.0 Å². The van der Waals surface area contributed by atoms with Crippen molar-refractivity contribution in [3.8, 4) is 0 Å². The zero-order valence-corrected chi connectivity index (χ0v) is 8.83. The summed E-state index contributed by atoms with van der Waals surface area (Å²) in [6, 6.07) is 0. The van der Waals surface area contributed by atoms with Crippen molar-refractivity contribution in [2.45, 2.75) is 19.4 Å². The maximum absolute atomic E-state index is 10.9. The lowest BCUT2D eigenvalue weighted by Crippen LogP contribution is -2.48. The van der Waals surface area contributed by atoms with Gasteiger partial charge in [-0.05, 0) is 0 Å². The van der Waals surface area contributed by atoms with Crippen LogP contribution in [0.4, 0.5) is 0 Å². The van der Waals surface area contributed by atoms with Crippen LogP contribution in [0, 0.1) is 11.3 Å². The fraction of sp³-hybridized carbons (Fsp3) is 0.778. The number of carbonyl (C=O) groups is 2. The Bertz CT molecular complexity index is 265. The second kappa shape index (κ2) is 5.78. The molecule has 0 aliphatic carbocycles. The SMILES string of the molecule is CC(CO)([C@H](O)CO)[C@@H](CC(=O)O)C(=O)O. The minimum atomic E-state index is -1.60. The van der Waals surface area contributed by atoms with Crippen molar-refractivity contribution in [1.29, 1.82) is 0 Å². The molecule has 0 bridgehead atoms. The van der Waals surface area contributed by atoms with Crippen molar-refractivity contribution in [2.24, 2.45) is 11.3 Å². The zero-order valence-electron chi connectivity index (χ0n) is 8.83. The average molecular weight is 236 g/mol. The van der Waals surface area contributed by atoms with E-state index in [2.05, 4.69) is 0 Å². The fourth-order valence-electron chi connectivity index (χ4n) is 1.43. The van der Waals surface area contributed by atoms with Crippen LogP contribution >= 0.6 is 0 Å². The van der Waals surface area contributed by atoms with Gasteiger partial charge in [0.2, 0.25) is 0 Å². The third-order valence-electron chi connectivity index (χ3n) is 2.75. The van der Waals surface area contributed by atoms with Gasteiger partial charge < -0.3 is 25.5 Å². The molecular weight excluding hydrogens is 220 g/mol. The zero-order chi connectivity index (χ0) is 12.9. The Kier molecular flexibility index (Phi) is 5.36. The van der Waals surface area contributed by atoms with Gasteiger partial charge in [0, 0.05) is 5.41 Å². The Hall–Kier alpha value is -1.18. The lowest BCUT2D eigenvalue weighted by Gasteiger charge is -2.36. The summed E-state index contributed by atoms with van der Waals surface area (Å²) in [6.07, 6.45) is -2.23. The minimum absolute atomic E-state index is 0.733. The quantitative estimate of drug-likeness (QED) is 0.363. The predicted molar refractivity (Wildman–Crippen MR) is 51.7 cm³/mol. The van der Waals surface area contributed by atoms with Crippen molar-refractivity contribution in [1.82, 2.24) is 0 Å². The van der Waals surface area contributed by atoms with Gasteiger partial charge >= 0.3 is 11.9 Å². The van der Waals surface area contributed by atoms with Crippen LogP contribution in [0.1, 0.15) is 13.3 Å². The number of aliphatic hydroxyl groups excluding tert-OH is 3. The highest BCUT2D eigenvalue weighted by Crippen LogP contribution is 2.33. The van der Waals surface area contributed by atoms with Crippen LogP contribution in [0.15, 0.2) is 0 Å².